The zero-order valence-corrected chi connectivity index (χ0v) is 12.4. The Morgan fingerprint density at radius 2 is 1.33 bits per heavy atom. The van der Waals surface area contributed by atoms with Crippen molar-refractivity contribution in [1.29, 1.82) is 0 Å². The Kier molecular flexibility index (Phi) is 4.03. The molecule has 6 heteroatoms. The van der Waals surface area contributed by atoms with Gasteiger partial charge < -0.3 is 4.98 Å². The molecule has 3 aromatic rings. The maximum absolute atomic E-state index is 12.3. The number of hydrogen-bond donors (Lipinski definition) is 1. The SMILES string of the molecule is O=C1c2ccccc2C(=O)c2c1cccc2[N+](=O)[O-].c1cc[nH]c1. The van der Waals surface area contributed by atoms with Crippen LogP contribution in [-0.4, -0.2) is 21.5 Å². The standard InChI is InChI=1S/C14H7NO4.C4H5N/c16-13-8-4-1-2-5-9(8)14(17)12-10(13)6-3-7-11(12)15(18)19;1-2-4-5-3-1/h1-7H;1-5H. The molecule has 0 saturated carbocycles. The van der Waals surface area contributed by atoms with E-state index in [0.29, 0.717) is 5.56 Å². The Labute approximate surface area is 136 Å². The molecule has 0 spiro atoms. The zero-order valence-electron chi connectivity index (χ0n) is 12.4. The van der Waals surface area contributed by atoms with Gasteiger partial charge in [-0.1, -0.05) is 30.3 Å². The lowest BCUT2D eigenvalue weighted by molar-refractivity contribution is -0.385. The van der Waals surface area contributed by atoms with Gasteiger partial charge in [0.15, 0.2) is 5.78 Å². The molecule has 0 amide bonds. The molecule has 6 nitrogen and oxygen atoms in total. The van der Waals surface area contributed by atoms with Gasteiger partial charge in [0.1, 0.15) is 5.56 Å². The number of nitro benzene ring substituents is 1. The van der Waals surface area contributed by atoms with Crippen LogP contribution in [0.2, 0.25) is 0 Å². The smallest absolute Gasteiger partial charge is 0.281 e. The van der Waals surface area contributed by atoms with Crippen molar-refractivity contribution in [2.45, 2.75) is 0 Å². The van der Waals surface area contributed by atoms with Crippen molar-refractivity contribution in [3.8, 4) is 0 Å². The molecule has 1 heterocycles. The average molecular weight is 320 g/mol. The van der Waals surface area contributed by atoms with Gasteiger partial charge in [-0.25, -0.2) is 0 Å². The lowest BCUT2D eigenvalue weighted by Crippen LogP contribution is -2.21. The van der Waals surface area contributed by atoms with Crippen LogP contribution < -0.4 is 0 Å². The summed E-state index contributed by atoms with van der Waals surface area (Å²) in [5.74, 6) is -0.827. The molecule has 1 N–H and O–H groups in total. The number of aromatic nitrogens is 1. The first-order valence-corrected chi connectivity index (χ1v) is 7.15. The first-order valence-electron chi connectivity index (χ1n) is 7.15. The lowest BCUT2D eigenvalue weighted by atomic mass is 9.83. The highest BCUT2D eigenvalue weighted by atomic mass is 16.6. The van der Waals surface area contributed by atoms with Crippen molar-refractivity contribution in [3.63, 3.8) is 0 Å². The van der Waals surface area contributed by atoms with Crippen LogP contribution in [0.25, 0.3) is 0 Å². The number of benzene rings is 2. The van der Waals surface area contributed by atoms with Gasteiger partial charge in [0.05, 0.1) is 4.92 Å². The Hall–Kier alpha value is -3.54. The summed E-state index contributed by atoms with van der Waals surface area (Å²) >= 11 is 0. The fourth-order valence-corrected chi connectivity index (χ4v) is 2.56. The van der Waals surface area contributed by atoms with E-state index in [1.165, 1.54) is 24.3 Å². The van der Waals surface area contributed by atoms with Gasteiger partial charge in [0, 0.05) is 35.2 Å². The predicted octanol–water partition coefficient (Wildman–Crippen LogP) is 3.38. The molecule has 4 rings (SSSR count). The Balaban J connectivity index is 0.000000290. The van der Waals surface area contributed by atoms with Gasteiger partial charge in [0.25, 0.3) is 5.69 Å². The third-order valence-corrected chi connectivity index (χ3v) is 3.62. The van der Waals surface area contributed by atoms with Crippen LogP contribution in [-0.2, 0) is 0 Å². The van der Waals surface area contributed by atoms with Crippen LogP contribution in [0.1, 0.15) is 31.8 Å². The number of rotatable bonds is 1. The molecular weight excluding hydrogens is 308 g/mol. The molecule has 2 aromatic carbocycles. The summed E-state index contributed by atoms with van der Waals surface area (Å²) in [5.41, 5.74) is 0.161. The minimum atomic E-state index is -0.641. The van der Waals surface area contributed by atoms with Crippen LogP contribution in [0.3, 0.4) is 0 Å². The molecule has 0 unspecified atom stereocenters. The largest absolute Gasteiger partial charge is 0.368 e. The number of carbonyl (C=O) groups is 2. The van der Waals surface area contributed by atoms with Gasteiger partial charge in [-0.3, -0.25) is 19.7 Å². The van der Waals surface area contributed by atoms with Crippen LogP contribution in [0, 0.1) is 10.1 Å². The molecular formula is C18H12N2O4. The van der Waals surface area contributed by atoms with Crippen molar-refractivity contribution in [2.75, 3.05) is 0 Å². The van der Waals surface area contributed by atoms with Crippen LogP contribution in [0.15, 0.2) is 67.0 Å². The summed E-state index contributed by atoms with van der Waals surface area (Å²) in [4.78, 5) is 37.8. The molecule has 0 aliphatic heterocycles. The number of nitrogens with zero attached hydrogens (tertiary/aromatic N) is 1. The number of ketones is 2. The minimum absolute atomic E-state index is 0.0953. The molecule has 0 atom stereocenters. The quantitative estimate of drug-likeness (QED) is 0.430. The van der Waals surface area contributed by atoms with Crippen molar-refractivity contribution >= 4 is 17.3 Å². The van der Waals surface area contributed by atoms with Crippen molar-refractivity contribution in [2.24, 2.45) is 0 Å². The predicted molar refractivity (Wildman–Crippen MR) is 87.2 cm³/mol. The average Bonchev–Trinajstić information content (AvgIpc) is 3.19. The third-order valence-electron chi connectivity index (χ3n) is 3.62. The third kappa shape index (κ3) is 2.61. The van der Waals surface area contributed by atoms with E-state index in [0.717, 1.165) is 0 Å². The lowest BCUT2D eigenvalue weighted by Gasteiger charge is -2.16. The summed E-state index contributed by atoms with van der Waals surface area (Å²) < 4.78 is 0. The van der Waals surface area contributed by atoms with E-state index in [1.807, 2.05) is 24.5 Å². The van der Waals surface area contributed by atoms with Gasteiger partial charge >= 0.3 is 0 Å². The van der Waals surface area contributed by atoms with Gasteiger partial charge in [-0.15, -0.1) is 0 Å². The molecule has 0 bridgehead atoms. The van der Waals surface area contributed by atoms with E-state index >= 15 is 0 Å². The highest BCUT2D eigenvalue weighted by Crippen LogP contribution is 2.32. The molecule has 1 aliphatic carbocycles. The topological polar surface area (TPSA) is 93.1 Å². The second-order valence-corrected chi connectivity index (χ2v) is 5.05. The van der Waals surface area contributed by atoms with Crippen LogP contribution >= 0.6 is 0 Å². The van der Waals surface area contributed by atoms with Crippen molar-refractivity contribution < 1.29 is 14.5 Å². The van der Waals surface area contributed by atoms with E-state index in [2.05, 4.69) is 4.98 Å². The maximum atomic E-state index is 12.3. The van der Waals surface area contributed by atoms with Gasteiger partial charge in [-0.05, 0) is 18.2 Å². The molecule has 1 aromatic heterocycles. The first-order chi connectivity index (χ1) is 11.6. The van der Waals surface area contributed by atoms with Crippen LogP contribution in [0.4, 0.5) is 5.69 Å². The number of nitrogens with one attached hydrogen (secondary N) is 1. The van der Waals surface area contributed by atoms with E-state index in [4.69, 9.17) is 0 Å². The first kappa shape index (κ1) is 15.4. The summed E-state index contributed by atoms with van der Waals surface area (Å²) in [6, 6.07) is 14.3. The number of nitro groups is 1. The van der Waals surface area contributed by atoms with Gasteiger partial charge in [0.2, 0.25) is 5.78 Å². The van der Waals surface area contributed by atoms with E-state index in [-0.39, 0.29) is 28.2 Å². The molecule has 1 aliphatic rings. The summed E-state index contributed by atoms with van der Waals surface area (Å²) in [5, 5.41) is 11.0. The maximum Gasteiger partial charge on any atom is 0.281 e. The fraction of sp³-hybridized carbons (Fsp3) is 0. The number of aromatic amines is 1. The second-order valence-electron chi connectivity index (χ2n) is 5.05. The molecule has 24 heavy (non-hydrogen) atoms. The zero-order chi connectivity index (χ0) is 17.1. The second kappa shape index (κ2) is 6.29. The highest BCUT2D eigenvalue weighted by molar-refractivity contribution is 6.29. The van der Waals surface area contributed by atoms with Crippen molar-refractivity contribution in [3.05, 3.63) is 99.4 Å². The van der Waals surface area contributed by atoms with E-state index in [1.54, 1.807) is 18.2 Å². The number of H-pyrrole nitrogens is 1. The molecule has 0 fully saturated rings. The molecule has 0 saturated heterocycles. The minimum Gasteiger partial charge on any atom is -0.368 e. The Bertz CT molecular complexity index is 913. The summed E-state index contributed by atoms with van der Waals surface area (Å²) in [7, 11) is 0. The highest BCUT2D eigenvalue weighted by Gasteiger charge is 2.34. The normalized spacial score (nSPS) is 11.8. The fourth-order valence-electron chi connectivity index (χ4n) is 2.56. The van der Waals surface area contributed by atoms with Crippen molar-refractivity contribution in [1.82, 2.24) is 4.98 Å². The summed E-state index contributed by atoms with van der Waals surface area (Å²) in [6.07, 6.45) is 3.75. The number of carbonyl (C=O) groups excluding carboxylic acids is 2. The van der Waals surface area contributed by atoms with E-state index < -0.39 is 10.7 Å². The monoisotopic (exact) mass is 320 g/mol. The summed E-state index contributed by atoms with van der Waals surface area (Å²) in [6.45, 7) is 0. The van der Waals surface area contributed by atoms with Gasteiger partial charge in [-0.2, -0.15) is 0 Å². The molecule has 0 radical (unpaired) electrons. The molecule has 118 valence electrons. The van der Waals surface area contributed by atoms with Crippen LogP contribution in [0.5, 0.6) is 0 Å². The Morgan fingerprint density at radius 1 is 0.750 bits per heavy atom. The number of hydrogen-bond acceptors (Lipinski definition) is 4. The van der Waals surface area contributed by atoms with E-state index in [9.17, 15) is 19.7 Å². The Morgan fingerprint density at radius 3 is 1.88 bits per heavy atom. The number of fused-ring (bicyclic) bond motifs is 2.